The van der Waals surface area contributed by atoms with Crippen molar-refractivity contribution < 1.29 is 33.4 Å². The minimum Gasteiger partial charge on any atom is -0.476 e. The summed E-state index contributed by atoms with van der Waals surface area (Å²) >= 11 is 0. The molecule has 0 bridgehead atoms. The maximum Gasteiger partial charge on any atom is 0.350 e. The Bertz CT molecular complexity index is 544. The Kier molecular flexibility index (Phi) is 6.98. The molecule has 1 atom stereocenters. The van der Waals surface area contributed by atoms with Gasteiger partial charge in [0.05, 0.1) is 13.2 Å². The van der Waals surface area contributed by atoms with Crippen LogP contribution in [0.5, 0.6) is 0 Å². The molecule has 0 radical (unpaired) electrons. The molecule has 0 aromatic heterocycles. The largest absolute Gasteiger partial charge is 0.476 e. The van der Waals surface area contributed by atoms with E-state index >= 15 is 0 Å². The average molecular weight is 352 g/mol. The third-order valence-corrected chi connectivity index (χ3v) is 3.18. The number of nitrogens with two attached hydrogens (primary N) is 2. The van der Waals surface area contributed by atoms with Gasteiger partial charge in [0.2, 0.25) is 5.88 Å². The second-order valence-electron chi connectivity index (χ2n) is 4.49. The minimum absolute atomic E-state index is 0.0585. The predicted molar refractivity (Wildman–Crippen MR) is 79.8 cm³/mol. The lowest BCUT2D eigenvalue weighted by Gasteiger charge is -2.31. The lowest BCUT2D eigenvalue weighted by atomic mass is 10.2. The van der Waals surface area contributed by atoms with Crippen molar-refractivity contribution in [3.8, 4) is 0 Å². The number of rotatable bonds is 8. The van der Waals surface area contributed by atoms with Crippen LogP contribution in [0.3, 0.4) is 0 Å². The number of hydrogen-bond donors (Lipinski definition) is 4. The van der Waals surface area contributed by atoms with Crippen molar-refractivity contribution in [3.05, 3.63) is 11.5 Å². The highest BCUT2D eigenvalue weighted by Crippen LogP contribution is 2.33. The number of ether oxygens (including phenoxy) is 3. The van der Waals surface area contributed by atoms with Crippen LogP contribution in [0.15, 0.2) is 16.4 Å². The van der Waals surface area contributed by atoms with E-state index in [-0.39, 0.29) is 37.1 Å². The van der Waals surface area contributed by atoms with Crippen LogP contribution < -0.4 is 11.5 Å². The number of amidine groups is 1. The molecule has 0 amide bonds. The average Bonchev–Trinajstić information content (AvgIpc) is 2.42. The van der Waals surface area contributed by atoms with E-state index in [2.05, 4.69) is 4.99 Å². The highest BCUT2D eigenvalue weighted by atomic mass is 31.2. The molecule has 0 spiro atoms. The summed E-state index contributed by atoms with van der Waals surface area (Å²) in [6.07, 6.45) is -1.56. The van der Waals surface area contributed by atoms with Crippen LogP contribution in [0, 0.1) is 0 Å². The van der Waals surface area contributed by atoms with Gasteiger partial charge in [-0.1, -0.05) is 0 Å². The Labute approximate surface area is 133 Å². The summed E-state index contributed by atoms with van der Waals surface area (Å²) in [4.78, 5) is 34.6. The topological polar surface area (TPSA) is 170 Å². The number of carbonyl (C=O) groups is 1. The van der Waals surface area contributed by atoms with Gasteiger partial charge in [0.25, 0.3) is 0 Å². The van der Waals surface area contributed by atoms with E-state index < -0.39 is 26.2 Å². The zero-order valence-electron chi connectivity index (χ0n) is 12.8. The van der Waals surface area contributed by atoms with Crippen LogP contribution in [-0.4, -0.2) is 66.0 Å². The number of hydrogen-bond acceptors (Lipinski definition) is 9. The zero-order chi connectivity index (χ0) is 17.6. The number of carbonyl (C=O) groups excluding carboxylic acids is 1. The molecule has 0 fully saturated rings. The van der Waals surface area contributed by atoms with E-state index in [9.17, 15) is 9.36 Å². The van der Waals surface area contributed by atoms with Crippen LogP contribution in [0.25, 0.3) is 0 Å². The molecule has 0 aromatic carbocycles. The van der Waals surface area contributed by atoms with Crippen LogP contribution in [0.2, 0.25) is 0 Å². The lowest BCUT2D eigenvalue weighted by molar-refractivity contribution is -0.138. The van der Waals surface area contributed by atoms with Crippen molar-refractivity contribution in [1.29, 1.82) is 0 Å². The molecule has 1 heterocycles. The lowest BCUT2D eigenvalue weighted by Crippen LogP contribution is -2.46. The fraction of sp³-hybridized carbons (Fsp3) is 0.636. The summed E-state index contributed by atoms with van der Waals surface area (Å²) in [6.45, 7) is 1.60. The first kappa shape index (κ1) is 19.4. The molecule has 6 N–H and O–H groups in total. The molecule has 0 saturated carbocycles. The van der Waals surface area contributed by atoms with Gasteiger partial charge in [-0.25, -0.2) is 9.79 Å². The summed E-state index contributed by atoms with van der Waals surface area (Å²) in [5.74, 6) is -0.762. The van der Waals surface area contributed by atoms with E-state index in [0.717, 1.165) is 0 Å². The van der Waals surface area contributed by atoms with Crippen molar-refractivity contribution in [1.82, 2.24) is 4.90 Å². The second-order valence-corrected chi connectivity index (χ2v) is 6.08. The minimum atomic E-state index is -4.24. The molecule has 132 valence electrons. The SMILES string of the molecule is CCOC(=O)C1=C(OCCOCP(=O)(O)O)N(C)C(N)N=C1N. The Morgan fingerprint density at radius 1 is 1.43 bits per heavy atom. The number of nitrogens with zero attached hydrogens (tertiary/aromatic N) is 2. The molecule has 1 aliphatic heterocycles. The molecule has 12 heteroatoms. The predicted octanol–water partition coefficient (Wildman–Crippen LogP) is -1.53. The highest BCUT2D eigenvalue weighted by Gasteiger charge is 2.31. The van der Waals surface area contributed by atoms with Crippen molar-refractivity contribution in [2.75, 3.05) is 33.2 Å². The Balaban J connectivity index is 2.78. The monoisotopic (exact) mass is 352 g/mol. The Hall–Kier alpha value is -1.65. The van der Waals surface area contributed by atoms with Crippen molar-refractivity contribution >= 4 is 19.4 Å². The van der Waals surface area contributed by atoms with E-state index in [1.165, 1.54) is 4.90 Å². The summed E-state index contributed by atoms with van der Waals surface area (Å²) in [6, 6.07) is 0. The van der Waals surface area contributed by atoms with Gasteiger partial charge in [0.15, 0.2) is 11.9 Å². The second kappa shape index (κ2) is 8.27. The molecule has 23 heavy (non-hydrogen) atoms. The third-order valence-electron chi connectivity index (χ3n) is 2.66. The highest BCUT2D eigenvalue weighted by molar-refractivity contribution is 7.51. The summed E-state index contributed by atoms with van der Waals surface area (Å²) in [5, 5.41) is 0. The maximum atomic E-state index is 12.0. The Morgan fingerprint density at radius 2 is 2.09 bits per heavy atom. The van der Waals surface area contributed by atoms with E-state index in [4.69, 9.17) is 35.5 Å². The van der Waals surface area contributed by atoms with Crippen molar-refractivity contribution in [2.45, 2.75) is 13.2 Å². The molecule has 0 aliphatic carbocycles. The van der Waals surface area contributed by atoms with Crippen molar-refractivity contribution in [2.24, 2.45) is 16.5 Å². The fourth-order valence-corrected chi connectivity index (χ4v) is 2.02. The van der Waals surface area contributed by atoms with Gasteiger partial charge in [0.1, 0.15) is 18.8 Å². The molecule has 11 nitrogen and oxygen atoms in total. The first-order valence-electron chi connectivity index (χ1n) is 6.66. The molecule has 0 saturated heterocycles. The van der Waals surface area contributed by atoms with Gasteiger partial charge < -0.3 is 34.6 Å². The van der Waals surface area contributed by atoms with E-state index in [1.807, 2.05) is 0 Å². The summed E-state index contributed by atoms with van der Waals surface area (Å²) in [7, 11) is -2.69. The van der Waals surface area contributed by atoms with Crippen LogP contribution in [0.4, 0.5) is 0 Å². The first-order valence-corrected chi connectivity index (χ1v) is 8.45. The smallest absolute Gasteiger partial charge is 0.350 e. The molecular formula is C11H21N4O7P. The number of esters is 1. The van der Waals surface area contributed by atoms with E-state index in [1.54, 1.807) is 14.0 Å². The molecule has 1 rings (SSSR count). The van der Waals surface area contributed by atoms with Crippen LogP contribution >= 0.6 is 7.60 Å². The van der Waals surface area contributed by atoms with Gasteiger partial charge in [-0.2, -0.15) is 0 Å². The fourth-order valence-electron chi connectivity index (χ4n) is 1.65. The van der Waals surface area contributed by atoms with Gasteiger partial charge in [0, 0.05) is 7.05 Å². The van der Waals surface area contributed by atoms with Gasteiger partial charge in [-0.3, -0.25) is 10.3 Å². The first-order chi connectivity index (χ1) is 10.7. The quantitative estimate of drug-likeness (QED) is 0.228. The molecule has 0 aromatic rings. The molecule has 1 aliphatic rings. The molecular weight excluding hydrogens is 331 g/mol. The van der Waals surface area contributed by atoms with Gasteiger partial charge in [-0.15, -0.1) is 0 Å². The van der Waals surface area contributed by atoms with Crippen LogP contribution in [0.1, 0.15) is 6.92 Å². The standard InChI is InChI=1S/C11H21N4O7P/c1-3-21-10(16)7-8(12)14-11(13)15(2)9(7)22-5-4-20-6-23(17,18)19/h11H,3-6,13H2,1-2H3,(H2,12,14)(H2,17,18,19). The van der Waals surface area contributed by atoms with Gasteiger partial charge in [-0.05, 0) is 6.92 Å². The van der Waals surface area contributed by atoms with Crippen molar-refractivity contribution in [3.63, 3.8) is 0 Å². The summed E-state index contributed by atoms with van der Waals surface area (Å²) < 4.78 is 25.7. The van der Waals surface area contributed by atoms with Gasteiger partial charge >= 0.3 is 13.6 Å². The maximum absolute atomic E-state index is 12.0. The zero-order valence-corrected chi connectivity index (χ0v) is 13.7. The third kappa shape index (κ3) is 5.81. The summed E-state index contributed by atoms with van der Waals surface area (Å²) in [5.41, 5.74) is 11.4. The Morgan fingerprint density at radius 3 is 2.65 bits per heavy atom. The normalized spacial score (nSPS) is 18.7. The molecule has 1 unspecified atom stereocenters. The van der Waals surface area contributed by atoms with Crippen LogP contribution in [-0.2, 0) is 23.6 Å². The van der Waals surface area contributed by atoms with E-state index in [0.29, 0.717) is 0 Å². The number of aliphatic imine (C=N–C) groups is 1.